The van der Waals surface area contributed by atoms with Gasteiger partial charge in [-0.15, -0.1) is 0 Å². The fraction of sp³-hybridized carbons (Fsp3) is 0.625. The minimum Gasteiger partial charge on any atom is -0.385 e. The number of hydrogen-bond acceptors (Lipinski definition) is 2. The number of piperidine rings is 1. The van der Waals surface area contributed by atoms with E-state index in [0.717, 1.165) is 6.54 Å². The van der Waals surface area contributed by atoms with Crippen LogP contribution in [-0.4, -0.2) is 29.6 Å². The van der Waals surface area contributed by atoms with Gasteiger partial charge in [0.1, 0.15) is 11.6 Å². The second kappa shape index (κ2) is 5.78. The highest BCUT2D eigenvalue weighted by Gasteiger charge is 2.38. The van der Waals surface area contributed by atoms with Gasteiger partial charge in [-0.2, -0.15) is 0 Å². The summed E-state index contributed by atoms with van der Waals surface area (Å²) in [6, 6.07) is 2.65. The van der Waals surface area contributed by atoms with Crippen molar-refractivity contribution >= 4 is 0 Å². The molecule has 1 heterocycles. The minimum atomic E-state index is -1.38. The van der Waals surface area contributed by atoms with Crippen molar-refractivity contribution in [1.82, 2.24) is 4.90 Å². The molecule has 1 aromatic carbocycles. The van der Waals surface area contributed by atoms with E-state index >= 15 is 0 Å². The smallest absolute Gasteiger partial charge is 0.135 e. The van der Waals surface area contributed by atoms with Crippen molar-refractivity contribution < 1.29 is 13.9 Å². The molecule has 0 bridgehead atoms. The molecule has 0 spiro atoms. The SMILES string of the molecule is Cc1ccc(F)c(C2(O)CCN(CC(C)C)CC2)c1F. The zero-order chi connectivity index (χ0) is 14.9. The normalized spacial score (nSPS) is 19.6. The van der Waals surface area contributed by atoms with Crippen LogP contribution in [0.3, 0.4) is 0 Å². The summed E-state index contributed by atoms with van der Waals surface area (Å²) in [6.45, 7) is 8.16. The maximum absolute atomic E-state index is 14.2. The van der Waals surface area contributed by atoms with Gasteiger partial charge in [0, 0.05) is 19.6 Å². The third kappa shape index (κ3) is 3.01. The van der Waals surface area contributed by atoms with Crippen LogP contribution in [0.1, 0.15) is 37.8 Å². The van der Waals surface area contributed by atoms with E-state index in [1.54, 1.807) is 6.92 Å². The van der Waals surface area contributed by atoms with E-state index in [9.17, 15) is 13.9 Å². The monoisotopic (exact) mass is 283 g/mol. The van der Waals surface area contributed by atoms with Crippen LogP contribution in [0.2, 0.25) is 0 Å². The molecule has 4 heteroatoms. The van der Waals surface area contributed by atoms with Crippen LogP contribution in [0.5, 0.6) is 0 Å². The molecule has 0 aromatic heterocycles. The number of hydrogen-bond donors (Lipinski definition) is 1. The molecule has 0 unspecified atom stereocenters. The molecule has 1 aromatic rings. The van der Waals surface area contributed by atoms with E-state index in [2.05, 4.69) is 18.7 Å². The summed E-state index contributed by atoms with van der Waals surface area (Å²) in [5.41, 5.74) is -1.16. The molecule has 0 atom stereocenters. The summed E-state index contributed by atoms with van der Waals surface area (Å²) in [5.74, 6) is -0.702. The average molecular weight is 283 g/mol. The molecular formula is C16H23F2NO. The van der Waals surface area contributed by atoms with Gasteiger partial charge in [-0.1, -0.05) is 19.9 Å². The van der Waals surface area contributed by atoms with Gasteiger partial charge < -0.3 is 10.0 Å². The average Bonchev–Trinajstić information content (AvgIpc) is 2.37. The van der Waals surface area contributed by atoms with Crippen LogP contribution in [0, 0.1) is 24.5 Å². The van der Waals surface area contributed by atoms with Crippen molar-refractivity contribution in [3.8, 4) is 0 Å². The van der Waals surface area contributed by atoms with Crippen LogP contribution in [0.4, 0.5) is 8.78 Å². The third-order valence-electron chi connectivity index (χ3n) is 4.06. The molecule has 20 heavy (non-hydrogen) atoms. The highest BCUT2D eigenvalue weighted by atomic mass is 19.1. The van der Waals surface area contributed by atoms with Crippen LogP contribution < -0.4 is 0 Å². The van der Waals surface area contributed by atoms with Gasteiger partial charge >= 0.3 is 0 Å². The first kappa shape index (κ1) is 15.4. The Morgan fingerprint density at radius 2 is 1.85 bits per heavy atom. The summed E-state index contributed by atoms with van der Waals surface area (Å²) in [5, 5.41) is 10.7. The molecule has 2 rings (SSSR count). The first-order valence-electron chi connectivity index (χ1n) is 7.23. The van der Waals surface area contributed by atoms with E-state index in [1.807, 2.05) is 0 Å². The van der Waals surface area contributed by atoms with Crippen molar-refractivity contribution in [3.05, 3.63) is 34.9 Å². The van der Waals surface area contributed by atoms with Gasteiger partial charge in [-0.05, 0) is 37.3 Å². The number of halogens is 2. The molecule has 112 valence electrons. The molecule has 1 N–H and O–H groups in total. The zero-order valence-corrected chi connectivity index (χ0v) is 12.4. The number of aryl methyl sites for hydroxylation is 1. The van der Waals surface area contributed by atoms with Gasteiger partial charge in [-0.25, -0.2) is 8.78 Å². The van der Waals surface area contributed by atoms with Crippen molar-refractivity contribution in [1.29, 1.82) is 0 Å². The predicted octanol–water partition coefficient (Wildman–Crippen LogP) is 3.21. The Hall–Kier alpha value is -1.00. The summed E-state index contributed by atoms with van der Waals surface area (Å²) in [7, 11) is 0. The topological polar surface area (TPSA) is 23.5 Å². The quantitative estimate of drug-likeness (QED) is 0.920. The highest BCUT2D eigenvalue weighted by molar-refractivity contribution is 5.32. The van der Waals surface area contributed by atoms with Crippen LogP contribution >= 0.6 is 0 Å². The number of benzene rings is 1. The van der Waals surface area contributed by atoms with Crippen molar-refractivity contribution in [2.75, 3.05) is 19.6 Å². The molecule has 0 saturated carbocycles. The summed E-state index contributed by atoms with van der Waals surface area (Å²) in [4.78, 5) is 2.24. The number of nitrogens with zero attached hydrogens (tertiary/aromatic N) is 1. The Labute approximate surface area is 119 Å². The third-order valence-corrected chi connectivity index (χ3v) is 4.06. The molecule has 0 radical (unpaired) electrons. The Kier molecular flexibility index (Phi) is 4.45. The molecule has 0 amide bonds. The maximum Gasteiger partial charge on any atom is 0.135 e. The zero-order valence-electron chi connectivity index (χ0n) is 12.4. The van der Waals surface area contributed by atoms with Crippen LogP contribution in [-0.2, 0) is 5.60 Å². The van der Waals surface area contributed by atoms with Gasteiger partial charge in [-0.3, -0.25) is 0 Å². The molecule has 1 saturated heterocycles. The Morgan fingerprint density at radius 1 is 1.25 bits per heavy atom. The van der Waals surface area contributed by atoms with Crippen LogP contribution in [0.25, 0.3) is 0 Å². The molecule has 2 nitrogen and oxygen atoms in total. The van der Waals surface area contributed by atoms with Crippen molar-refractivity contribution in [2.24, 2.45) is 5.92 Å². The molecular weight excluding hydrogens is 260 g/mol. The summed E-state index contributed by atoms with van der Waals surface area (Å²) >= 11 is 0. The Balaban J connectivity index is 2.20. The fourth-order valence-corrected chi connectivity index (χ4v) is 2.96. The van der Waals surface area contributed by atoms with Crippen LogP contribution in [0.15, 0.2) is 12.1 Å². The largest absolute Gasteiger partial charge is 0.385 e. The molecule has 1 aliphatic rings. The fourth-order valence-electron chi connectivity index (χ4n) is 2.96. The summed E-state index contributed by atoms with van der Waals surface area (Å²) in [6.07, 6.45) is 0.744. The summed E-state index contributed by atoms with van der Waals surface area (Å²) < 4.78 is 28.1. The van der Waals surface area contributed by atoms with E-state index in [4.69, 9.17) is 0 Å². The predicted molar refractivity (Wildman–Crippen MR) is 75.5 cm³/mol. The van der Waals surface area contributed by atoms with E-state index in [0.29, 0.717) is 37.4 Å². The van der Waals surface area contributed by atoms with Gasteiger partial charge in [0.25, 0.3) is 0 Å². The van der Waals surface area contributed by atoms with Crippen molar-refractivity contribution in [3.63, 3.8) is 0 Å². The van der Waals surface area contributed by atoms with Crippen molar-refractivity contribution in [2.45, 2.75) is 39.2 Å². The lowest BCUT2D eigenvalue weighted by atomic mass is 9.83. The highest BCUT2D eigenvalue weighted by Crippen LogP contribution is 2.36. The van der Waals surface area contributed by atoms with Gasteiger partial charge in [0.05, 0.1) is 11.2 Å². The Bertz CT molecular complexity index is 480. The van der Waals surface area contributed by atoms with E-state index in [-0.39, 0.29) is 5.56 Å². The molecule has 1 aliphatic heterocycles. The lowest BCUT2D eigenvalue weighted by Gasteiger charge is -2.39. The van der Waals surface area contributed by atoms with E-state index < -0.39 is 17.2 Å². The lowest BCUT2D eigenvalue weighted by Crippen LogP contribution is -2.44. The maximum atomic E-state index is 14.2. The number of rotatable bonds is 3. The molecule has 1 fully saturated rings. The first-order chi connectivity index (χ1) is 9.33. The standard InChI is InChI=1S/C16H23F2NO/c1-11(2)10-19-8-6-16(20,7-9-19)14-13(17)5-4-12(3)15(14)18/h4-5,11,20H,6-10H2,1-3H3. The number of aliphatic hydroxyl groups is 1. The second-order valence-electron chi connectivity index (χ2n) is 6.28. The van der Waals surface area contributed by atoms with E-state index in [1.165, 1.54) is 12.1 Å². The number of likely N-dealkylation sites (tertiary alicyclic amines) is 1. The second-order valence-corrected chi connectivity index (χ2v) is 6.28. The lowest BCUT2D eigenvalue weighted by molar-refractivity contribution is -0.0332. The Morgan fingerprint density at radius 3 is 2.40 bits per heavy atom. The minimum absolute atomic E-state index is 0.151. The molecule has 0 aliphatic carbocycles. The van der Waals surface area contributed by atoms with Gasteiger partial charge in [0.15, 0.2) is 0 Å². The van der Waals surface area contributed by atoms with Gasteiger partial charge in [0.2, 0.25) is 0 Å². The first-order valence-corrected chi connectivity index (χ1v) is 7.23.